The number of ketones is 1. The number of hydrogen-bond acceptors (Lipinski definition) is 18. The number of hydrogen-bond donors (Lipinski definition) is 4. The third-order valence-electron chi connectivity index (χ3n) is 14.1. The zero-order valence-corrected chi connectivity index (χ0v) is 61.2. The third-order valence-corrected chi connectivity index (χ3v) is 14.6. The van der Waals surface area contributed by atoms with E-state index in [-0.39, 0.29) is 156 Å². The van der Waals surface area contributed by atoms with Crippen molar-refractivity contribution < 1.29 is 88.8 Å². The van der Waals surface area contributed by atoms with E-state index < -0.39 is 24.3 Å². The molecule has 4 N–H and O–H groups in total. The van der Waals surface area contributed by atoms with E-state index in [2.05, 4.69) is 40.8 Å². The molecule has 8 aromatic rings. The quantitative estimate of drug-likeness (QED) is 0.0130. The largest absolute Gasteiger partial charge is 2.00 e. The summed E-state index contributed by atoms with van der Waals surface area (Å²) in [6, 6.07) is 0. The molecular weight excluding hydrogens is 1390 g/mol. The van der Waals surface area contributed by atoms with Gasteiger partial charge < -0.3 is 80.9 Å². The number of unbranched alkanes of at least 4 members (excludes halogenated alkanes) is 4. The Morgan fingerprint density at radius 1 is 0.571 bits per heavy atom. The number of H-pyrrole nitrogens is 1. The number of halogens is 2. The summed E-state index contributed by atoms with van der Waals surface area (Å²) in [5.74, 6) is -0.0457. The van der Waals surface area contributed by atoms with Crippen LogP contribution in [0.2, 0.25) is 0 Å². The number of imidazole rings is 4. The molecule has 8 aromatic heterocycles. The number of nitrogens with zero attached hydrogens (tertiary/aromatic N) is 17. The van der Waals surface area contributed by atoms with Crippen LogP contribution < -0.4 is 98.5 Å². The second-order valence-corrected chi connectivity index (χ2v) is 21.7. The maximum absolute atomic E-state index is 12.4. The minimum absolute atomic E-state index is 0. The predicted molar refractivity (Wildman–Crippen MR) is 342 cm³/mol. The van der Waals surface area contributed by atoms with Crippen molar-refractivity contribution >= 4 is 101 Å². The Kier molecular flexibility index (Phi) is 35.1. The molecule has 0 saturated carbocycles. The van der Waals surface area contributed by atoms with Gasteiger partial charge in [-0.3, -0.25) is 65.7 Å². The summed E-state index contributed by atoms with van der Waals surface area (Å²) in [5, 5.41) is 27.6. The summed E-state index contributed by atoms with van der Waals surface area (Å²) in [5.41, 5.74) is 0.191. The van der Waals surface area contributed by atoms with Gasteiger partial charge in [0.15, 0.2) is 44.7 Å². The predicted octanol–water partition coefficient (Wildman–Crippen LogP) is -6.70. The summed E-state index contributed by atoms with van der Waals surface area (Å²) in [6.07, 6.45) is 13.3. The van der Waals surface area contributed by atoms with E-state index in [1.165, 1.54) is 81.1 Å². The number of aromatic amines is 1. The van der Waals surface area contributed by atoms with Crippen molar-refractivity contribution in [3.63, 3.8) is 0 Å². The van der Waals surface area contributed by atoms with Gasteiger partial charge in [0.25, 0.3) is 22.2 Å². The molecule has 0 aliphatic heterocycles. The Morgan fingerprint density at radius 2 is 0.879 bits per heavy atom. The van der Waals surface area contributed by atoms with E-state index in [9.17, 15) is 57.8 Å². The maximum Gasteiger partial charge on any atom is 2.00 e. The van der Waals surface area contributed by atoms with Crippen molar-refractivity contribution in [1.82, 2.24) is 85.0 Å². The Hall–Kier alpha value is -5.93. The van der Waals surface area contributed by atoms with Crippen LogP contribution in [0.25, 0.3) is 44.7 Å². The first-order valence-electron chi connectivity index (χ1n) is 29.4. The Morgan fingerprint density at radius 3 is 1.20 bits per heavy atom. The second kappa shape index (κ2) is 40.2. The fourth-order valence-electron chi connectivity index (χ4n) is 8.85. The smallest absolute Gasteiger partial charge is 1.00 e. The number of aliphatic hydroxyl groups excluding tert-OH is 3. The number of aliphatic hydroxyl groups is 3. The zero-order valence-electron chi connectivity index (χ0n) is 58.0. The number of carbonyl (C=O) groups excluding carboxylic acids is 3. The molecule has 0 aromatic carbocycles. The van der Waals surface area contributed by atoms with Crippen molar-refractivity contribution in [2.24, 2.45) is 56.4 Å². The summed E-state index contributed by atoms with van der Waals surface area (Å²) in [4.78, 5) is 150. The number of carbonyl (C=O) groups is 3. The SMILES string of the molecule is CC(=O)CCCCn1c(=O)c2c(ncn2C)n(C)c1=O.CN(CO)C(=O)CCCCBr.CN(CO)C(=O)CCCCn1c(=O)c2c(ncn2C)n(C)c1=O.C[C@H](O)CCCCn1c(=O)c2c(ncn2C)n(C)c1=O.Cn1cnc2c1c(=O)[nH]c(=O)n2C.[2H][C-]([2H])[2H].[H-].[I-].[Mg+2].[Na+]. The molecule has 0 saturated heterocycles. The van der Waals surface area contributed by atoms with Crippen LogP contribution in [0, 0.1) is 7.35 Å². The Bertz CT molecular complexity index is 4280. The number of aromatic nitrogens is 16. The number of fused-ring (bicyclic) bond motifs is 4. The van der Waals surface area contributed by atoms with Gasteiger partial charge in [-0.05, 0) is 71.6 Å². The number of amides is 2. The summed E-state index contributed by atoms with van der Waals surface area (Å²) >= 11 is 3.28. The molecule has 8 rings (SSSR count). The van der Waals surface area contributed by atoms with Crippen molar-refractivity contribution in [2.75, 3.05) is 32.9 Å². The molecule has 1 atom stereocenters. The van der Waals surface area contributed by atoms with Gasteiger partial charge in [-0.2, -0.15) is 0 Å². The first-order valence-corrected chi connectivity index (χ1v) is 29.1. The summed E-state index contributed by atoms with van der Waals surface area (Å²) in [7, 11) is 15.5. The molecule has 0 unspecified atom stereocenters. The topological polar surface area (TPSA) is 377 Å². The van der Waals surface area contributed by atoms with Crippen LogP contribution in [0.4, 0.5) is 0 Å². The van der Waals surface area contributed by atoms with Crippen molar-refractivity contribution in [3.05, 3.63) is 116 Å². The van der Waals surface area contributed by atoms with Crippen LogP contribution in [-0.4, -0.2) is 180 Å². The minimum Gasteiger partial charge on any atom is -1.00 e. The number of alkyl halides is 1. The van der Waals surface area contributed by atoms with Crippen LogP contribution >= 0.6 is 15.9 Å². The van der Waals surface area contributed by atoms with E-state index >= 15 is 0 Å². The molecule has 0 aliphatic rings. The van der Waals surface area contributed by atoms with Crippen LogP contribution in [0.3, 0.4) is 0 Å². The normalized spacial score (nSPS) is 11.3. The first kappa shape index (κ1) is 79.3. The van der Waals surface area contributed by atoms with Gasteiger partial charge in [-0.15, -0.1) is 0 Å². The van der Waals surface area contributed by atoms with E-state index in [1.807, 2.05) is 0 Å². The van der Waals surface area contributed by atoms with Gasteiger partial charge >= 0.3 is 75.4 Å². The van der Waals surface area contributed by atoms with Crippen LogP contribution in [0.15, 0.2) is 63.7 Å². The molecule has 2 amide bonds. The number of nitrogens with one attached hydrogen (secondary N) is 1. The van der Waals surface area contributed by atoms with E-state index in [1.54, 1.807) is 88.6 Å². The van der Waals surface area contributed by atoms with Gasteiger partial charge in [-0.25, -0.2) is 43.2 Å². The first-order chi connectivity index (χ1) is 42.8. The molecule has 0 radical (unpaired) electrons. The van der Waals surface area contributed by atoms with Gasteiger partial charge in [-0.1, -0.05) is 15.9 Å². The van der Waals surface area contributed by atoms with Crippen LogP contribution in [0.5, 0.6) is 0 Å². The average Bonchev–Trinajstić information content (AvgIpc) is 1.74. The van der Waals surface area contributed by atoms with Crippen molar-refractivity contribution in [1.29, 1.82) is 0 Å². The molecule has 91 heavy (non-hydrogen) atoms. The van der Waals surface area contributed by atoms with E-state index in [0.29, 0.717) is 109 Å². The monoisotopic (exact) mass is 1480 g/mol. The molecule has 0 aliphatic carbocycles. The number of aryl methyl sites for hydroxylation is 8. The summed E-state index contributed by atoms with van der Waals surface area (Å²) < 4.78 is 33.0. The van der Waals surface area contributed by atoms with Crippen LogP contribution in [-0.2, 0) is 90.4 Å². The van der Waals surface area contributed by atoms with Crippen LogP contribution in [0.1, 0.15) is 96.4 Å². The van der Waals surface area contributed by atoms with Gasteiger partial charge in [0.05, 0.1) is 31.4 Å². The standard InChI is InChI=1S/C14H21N5O4.C13H20N4O3.C13H18N4O3.C7H14BrNO2.C7H8N4O2.CH3.HI.Mg.Na.H/c1-16-8-15-12-11(16)13(22)19(14(23)18(12)3)7-5-4-6-10(21)17(2)9-20;2*1-9(18)6-4-5-7-17-12(19)10-11(14-8-15(10)2)16(3)13(17)20;1-9(6-10)7(11)4-2-3-5-8;1-10-3-8-5-4(10)6(12)9-7(13)11(5)2;;;;;/h8,20H,4-7,9H2,1-3H3;8-9,18H,4-7H2,1-3H3;8H,4-7H2,1-3H3;10H,2-6H2,1H3;3H,1-2H3,(H,9,12,13);1H3;1H;;;/q;;;;;-1;;+2;+1;-1/p-1/t;9-;;;;;;;;/m.0......../s1/i;;;;;1D3;;;;. The molecule has 8 heterocycles. The molecule has 496 valence electrons. The molecule has 0 fully saturated rings. The van der Waals surface area contributed by atoms with E-state index in [0.717, 1.165) is 24.6 Å². The zero-order chi connectivity index (χ0) is 68.7. The molecule has 0 spiro atoms. The van der Waals surface area contributed by atoms with Gasteiger partial charge in [0, 0.05) is 115 Å². The van der Waals surface area contributed by atoms with Crippen molar-refractivity contribution in [2.45, 2.75) is 117 Å². The van der Waals surface area contributed by atoms with Gasteiger partial charge in [0.2, 0.25) is 11.8 Å². The Labute approximate surface area is 592 Å². The maximum atomic E-state index is 12.4. The molecular formula is C55H85BrIMgN18NaO14. The third kappa shape index (κ3) is 22.1. The molecule has 32 nitrogen and oxygen atoms in total. The fourth-order valence-corrected chi connectivity index (χ4v) is 9.25. The number of rotatable bonds is 21. The van der Waals surface area contributed by atoms with Crippen molar-refractivity contribution in [3.8, 4) is 0 Å². The summed E-state index contributed by atoms with van der Waals surface area (Å²) in [6.45, 7) is 3.67. The second-order valence-electron chi connectivity index (χ2n) is 20.9. The average molecular weight is 1480 g/mol. The fraction of sp³-hybridized carbons (Fsp3) is 0.564. The molecule has 36 heteroatoms. The Balaban J connectivity index is 0. The van der Waals surface area contributed by atoms with Gasteiger partial charge in [0.1, 0.15) is 19.2 Å². The molecule has 0 bridgehead atoms. The number of Topliss-reactive ketones (excluding diaryl/α,β-unsaturated/α-hetero) is 1. The van der Waals surface area contributed by atoms with E-state index in [4.69, 9.17) is 14.3 Å². The minimum atomic E-state index is -0.833.